The van der Waals surface area contributed by atoms with Gasteiger partial charge >= 0.3 is 0 Å². The lowest BCUT2D eigenvalue weighted by Gasteiger charge is -2.32. The molecule has 188 valence electrons. The highest BCUT2D eigenvalue weighted by Crippen LogP contribution is 2.34. The van der Waals surface area contributed by atoms with Gasteiger partial charge in [0.25, 0.3) is 5.56 Å². The average Bonchev–Trinajstić information content (AvgIpc) is 3.50. The summed E-state index contributed by atoms with van der Waals surface area (Å²) >= 11 is 0. The summed E-state index contributed by atoms with van der Waals surface area (Å²) in [4.78, 5) is 18.4. The van der Waals surface area contributed by atoms with Gasteiger partial charge in [0, 0.05) is 24.2 Å². The van der Waals surface area contributed by atoms with Crippen molar-refractivity contribution in [3.8, 4) is 11.5 Å². The molecule has 1 aliphatic rings. The van der Waals surface area contributed by atoms with E-state index in [1.807, 2.05) is 41.1 Å². The molecule has 9 heteroatoms. The number of nitrogens with one attached hydrogen (secondary N) is 1. The quantitative estimate of drug-likeness (QED) is 0.410. The molecule has 4 aromatic rings. The molecule has 1 N–H and O–H groups in total. The van der Waals surface area contributed by atoms with Crippen molar-refractivity contribution < 1.29 is 9.47 Å². The lowest BCUT2D eigenvalue weighted by atomic mass is 10.0. The van der Waals surface area contributed by atoms with Crippen LogP contribution in [0.15, 0.2) is 47.3 Å². The first kappa shape index (κ1) is 24.0. The summed E-state index contributed by atoms with van der Waals surface area (Å²) in [7, 11) is 0. The molecule has 0 amide bonds. The lowest BCUT2D eigenvalue weighted by Crippen LogP contribution is -2.35. The topological polar surface area (TPSA) is 98.2 Å². The molecule has 0 aliphatic carbocycles. The Kier molecular flexibility index (Phi) is 6.26. The highest BCUT2D eigenvalue weighted by atomic mass is 16.7. The minimum absolute atomic E-state index is 0.0905. The molecule has 2 aromatic heterocycles. The Morgan fingerprint density at radius 2 is 1.89 bits per heavy atom. The fourth-order valence-corrected chi connectivity index (χ4v) is 4.74. The van der Waals surface area contributed by atoms with Crippen molar-refractivity contribution in [1.29, 1.82) is 0 Å². The normalized spacial score (nSPS) is 14.1. The van der Waals surface area contributed by atoms with Gasteiger partial charge in [-0.2, -0.15) is 0 Å². The second-order valence-corrected chi connectivity index (χ2v) is 10.4. The number of rotatable bonds is 7. The van der Waals surface area contributed by atoms with Gasteiger partial charge in [0.05, 0.1) is 11.6 Å². The Balaban J connectivity index is 1.56. The molecule has 9 nitrogen and oxygen atoms in total. The van der Waals surface area contributed by atoms with Crippen LogP contribution in [0.2, 0.25) is 0 Å². The molecule has 3 heterocycles. The molecular weight excluding hydrogens is 456 g/mol. The van der Waals surface area contributed by atoms with E-state index in [9.17, 15) is 4.79 Å². The first-order valence-electron chi connectivity index (χ1n) is 12.3. The van der Waals surface area contributed by atoms with Crippen LogP contribution in [0.25, 0.3) is 10.9 Å². The average molecular weight is 489 g/mol. The second kappa shape index (κ2) is 9.39. The standard InChI is InChI=1S/C27H32N6O3/c1-6-22(25-29-30-31-33(25)27(3,4)5)32(14-18-8-10-23-24(12-18)36-16-35-23)15-20-13-19-11-17(2)7-9-21(19)28-26(20)34/h7-13,22H,6,14-16H2,1-5H3,(H,28,34)/t22-/m0/s1. The maximum atomic E-state index is 13.1. The molecule has 0 unspecified atom stereocenters. The van der Waals surface area contributed by atoms with E-state index in [2.05, 4.69) is 66.1 Å². The SMILES string of the molecule is CC[C@@H](c1nnnn1C(C)(C)C)N(Cc1ccc2c(c1)OCO2)Cc1cc2cc(C)ccc2[nH]c1=O. The minimum Gasteiger partial charge on any atom is -0.454 e. The van der Waals surface area contributed by atoms with Crippen LogP contribution >= 0.6 is 0 Å². The van der Waals surface area contributed by atoms with Crippen LogP contribution in [0.4, 0.5) is 0 Å². The summed E-state index contributed by atoms with van der Waals surface area (Å²) in [5.74, 6) is 2.26. The van der Waals surface area contributed by atoms with E-state index in [0.29, 0.717) is 18.7 Å². The number of pyridine rings is 1. The zero-order valence-corrected chi connectivity index (χ0v) is 21.4. The van der Waals surface area contributed by atoms with Crippen LogP contribution < -0.4 is 15.0 Å². The number of benzene rings is 2. The summed E-state index contributed by atoms with van der Waals surface area (Å²) in [6.45, 7) is 11.7. The Labute approximate surface area is 210 Å². The third-order valence-electron chi connectivity index (χ3n) is 6.53. The first-order valence-corrected chi connectivity index (χ1v) is 12.3. The largest absolute Gasteiger partial charge is 0.454 e. The molecule has 0 bridgehead atoms. The van der Waals surface area contributed by atoms with Gasteiger partial charge in [-0.1, -0.05) is 24.6 Å². The number of tetrazole rings is 1. The van der Waals surface area contributed by atoms with Crippen molar-refractivity contribution in [2.75, 3.05) is 6.79 Å². The molecule has 0 saturated heterocycles. The highest BCUT2D eigenvalue weighted by molar-refractivity contribution is 5.79. The van der Waals surface area contributed by atoms with E-state index < -0.39 is 0 Å². The Bertz CT molecular complexity index is 1450. The molecule has 1 atom stereocenters. The zero-order chi connectivity index (χ0) is 25.4. The molecular formula is C27H32N6O3. The van der Waals surface area contributed by atoms with Gasteiger partial charge in [0.15, 0.2) is 17.3 Å². The van der Waals surface area contributed by atoms with Crippen LogP contribution in [0.3, 0.4) is 0 Å². The predicted octanol–water partition coefficient (Wildman–Crippen LogP) is 4.46. The van der Waals surface area contributed by atoms with Crippen molar-refractivity contribution in [3.63, 3.8) is 0 Å². The third kappa shape index (κ3) is 4.70. The van der Waals surface area contributed by atoms with Gasteiger partial charge in [-0.25, -0.2) is 4.68 Å². The van der Waals surface area contributed by atoms with Crippen molar-refractivity contribution in [2.24, 2.45) is 0 Å². The van der Waals surface area contributed by atoms with Crippen LogP contribution in [0.5, 0.6) is 11.5 Å². The number of H-pyrrole nitrogens is 1. The molecule has 0 fully saturated rings. The molecule has 1 aliphatic heterocycles. The van der Waals surface area contributed by atoms with E-state index in [1.54, 1.807) is 0 Å². The first-order chi connectivity index (χ1) is 17.2. The van der Waals surface area contributed by atoms with Gasteiger partial charge in [0.1, 0.15) is 0 Å². The predicted molar refractivity (Wildman–Crippen MR) is 137 cm³/mol. The van der Waals surface area contributed by atoms with E-state index in [-0.39, 0.29) is 23.9 Å². The number of fused-ring (bicyclic) bond motifs is 2. The van der Waals surface area contributed by atoms with Gasteiger partial charge < -0.3 is 14.5 Å². The number of aryl methyl sites for hydroxylation is 1. The number of aromatic amines is 1. The fourth-order valence-electron chi connectivity index (χ4n) is 4.74. The summed E-state index contributed by atoms with van der Waals surface area (Å²) in [5, 5.41) is 13.7. The summed E-state index contributed by atoms with van der Waals surface area (Å²) in [5.41, 5.74) is 3.36. The van der Waals surface area contributed by atoms with Crippen LogP contribution in [-0.2, 0) is 18.6 Å². The number of ether oxygens (including phenoxy) is 2. The minimum atomic E-state index is -0.283. The number of hydrogen-bond donors (Lipinski definition) is 1. The molecule has 0 saturated carbocycles. The summed E-state index contributed by atoms with van der Waals surface area (Å²) < 4.78 is 13.0. The van der Waals surface area contributed by atoms with Crippen molar-refractivity contribution in [3.05, 3.63) is 75.3 Å². The van der Waals surface area contributed by atoms with E-state index >= 15 is 0 Å². The molecule has 0 spiro atoms. The van der Waals surface area contributed by atoms with Crippen LogP contribution in [-0.4, -0.2) is 36.9 Å². The molecule has 5 rings (SSSR count). The Morgan fingerprint density at radius 1 is 1.08 bits per heavy atom. The van der Waals surface area contributed by atoms with Crippen molar-refractivity contribution >= 4 is 10.9 Å². The van der Waals surface area contributed by atoms with Gasteiger partial charge in [-0.3, -0.25) is 9.69 Å². The number of nitrogens with zero attached hydrogens (tertiary/aromatic N) is 5. The van der Waals surface area contributed by atoms with Crippen molar-refractivity contribution in [2.45, 2.75) is 65.7 Å². The third-order valence-corrected chi connectivity index (χ3v) is 6.53. The molecule has 0 radical (unpaired) electrons. The van der Waals surface area contributed by atoms with E-state index in [4.69, 9.17) is 9.47 Å². The molecule has 2 aromatic carbocycles. The van der Waals surface area contributed by atoms with Crippen LogP contribution in [0.1, 0.15) is 62.7 Å². The van der Waals surface area contributed by atoms with E-state index in [0.717, 1.165) is 45.8 Å². The smallest absolute Gasteiger partial charge is 0.252 e. The van der Waals surface area contributed by atoms with Gasteiger partial charge in [0.2, 0.25) is 6.79 Å². The zero-order valence-electron chi connectivity index (χ0n) is 21.4. The van der Waals surface area contributed by atoms with Crippen LogP contribution in [0, 0.1) is 6.92 Å². The second-order valence-electron chi connectivity index (χ2n) is 10.4. The number of hydrogen-bond acceptors (Lipinski definition) is 7. The monoisotopic (exact) mass is 488 g/mol. The van der Waals surface area contributed by atoms with Gasteiger partial charge in [-0.05, 0) is 85.8 Å². The lowest BCUT2D eigenvalue weighted by molar-refractivity contribution is 0.153. The maximum absolute atomic E-state index is 13.1. The highest BCUT2D eigenvalue weighted by Gasteiger charge is 2.30. The summed E-state index contributed by atoms with van der Waals surface area (Å²) in [6, 6.07) is 13.9. The molecule has 36 heavy (non-hydrogen) atoms. The maximum Gasteiger partial charge on any atom is 0.252 e. The fraction of sp³-hybridized carbons (Fsp3) is 0.407. The van der Waals surface area contributed by atoms with E-state index in [1.165, 1.54) is 0 Å². The van der Waals surface area contributed by atoms with Crippen molar-refractivity contribution in [1.82, 2.24) is 30.1 Å². The van der Waals surface area contributed by atoms with Gasteiger partial charge in [-0.15, -0.1) is 5.10 Å². The Morgan fingerprint density at radius 3 is 2.67 bits per heavy atom. The Hall–Kier alpha value is -3.72. The summed E-state index contributed by atoms with van der Waals surface area (Å²) in [6.07, 6.45) is 0.769. The number of aromatic nitrogens is 5.